The van der Waals surface area contributed by atoms with Crippen molar-refractivity contribution in [2.75, 3.05) is 13.1 Å². The Morgan fingerprint density at radius 1 is 0.766 bits per heavy atom. The maximum absolute atomic E-state index is 4.54. The lowest BCUT2D eigenvalue weighted by atomic mass is 9.44. The van der Waals surface area contributed by atoms with Gasteiger partial charge >= 0.3 is 0 Å². The molecule has 0 radical (unpaired) electrons. The van der Waals surface area contributed by atoms with Crippen LogP contribution in [0.4, 0.5) is 0 Å². The third-order valence-corrected chi connectivity index (χ3v) is 18.7. The van der Waals surface area contributed by atoms with Gasteiger partial charge in [0.1, 0.15) is 0 Å². The van der Waals surface area contributed by atoms with Gasteiger partial charge in [-0.15, -0.1) is 0 Å². The molecule has 1 nitrogen and oxygen atoms in total. The van der Waals surface area contributed by atoms with Gasteiger partial charge < -0.3 is 4.90 Å². The van der Waals surface area contributed by atoms with Crippen LogP contribution in [0, 0.1) is 74.9 Å². The first kappa shape index (κ1) is 35.1. The molecule has 1 saturated heterocycles. The predicted octanol–water partition coefficient (Wildman–Crippen LogP) is 13.1. The van der Waals surface area contributed by atoms with Gasteiger partial charge in [0.2, 0.25) is 0 Å². The number of nitrogens with zero attached hydrogens (tertiary/aromatic N) is 1. The van der Waals surface area contributed by atoms with Crippen LogP contribution in [0.1, 0.15) is 183 Å². The summed E-state index contributed by atoms with van der Waals surface area (Å²) in [6.45, 7) is 24.6. The standard InChI is InChI=1S/C44H73N.C2H6/c1-7-36(8-2)45-24-10-11-32(28-45)26-35-20-21-44-29-43(44)23-22-42(6)37-17-16-31(15-14-30(3)33-12-9-13-33)25-34(37)27-39(42)38(43)18-19-40(44)41(35,4)5;1-2/h31-40H,3,7-29H2,1-2,4-6H3;1-2H3. The quantitative estimate of drug-likeness (QED) is 0.226. The van der Waals surface area contributed by atoms with E-state index in [1.807, 2.05) is 13.8 Å². The Balaban J connectivity index is 0.00000172. The van der Waals surface area contributed by atoms with Gasteiger partial charge in [-0.2, -0.15) is 0 Å². The second kappa shape index (κ2) is 13.4. The topological polar surface area (TPSA) is 3.24 Å². The Morgan fingerprint density at radius 3 is 2.26 bits per heavy atom. The highest BCUT2D eigenvalue weighted by molar-refractivity contribution is 5.29. The number of likely N-dealkylation sites (tertiary alicyclic amines) is 1. The minimum absolute atomic E-state index is 0.547. The molecule has 0 aromatic rings. The molecule has 0 aromatic carbocycles. The van der Waals surface area contributed by atoms with Crippen molar-refractivity contribution in [2.45, 2.75) is 189 Å². The van der Waals surface area contributed by atoms with Crippen LogP contribution in [-0.2, 0) is 0 Å². The van der Waals surface area contributed by atoms with Crippen LogP contribution in [0.2, 0.25) is 0 Å². The van der Waals surface area contributed by atoms with E-state index in [1.165, 1.54) is 83.7 Å². The van der Waals surface area contributed by atoms with E-state index in [-0.39, 0.29) is 0 Å². The molecule has 11 unspecified atom stereocenters. The summed E-state index contributed by atoms with van der Waals surface area (Å²) in [4.78, 5) is 2.90. The second-order valence-electron chi connectivity index (χ2n) is 20.2. The van der Waals surface area contributed by atoms with E-state index < -0.39 is 0 Å². The third kappa shape index (κ3) is 5.61. The number of piperidine rings is 1. The van der Waals surface area contributed by atoms with E-state index in [4.69, 9.17) is 0 Å². The Kier molecular flexibility index (Phi) is 9.98. The van der Waals surface area contributed by atoms with Crippen LogP contribution >= 0.6 is 0 Å². The molecule has 2 spiro atoms. The highest BCUT2D eigenvalue weighted by atomic mass is 15.2. The molecule has 8 rings (SSSR count). The molecule has 1 aliphatic heterocycles. The number of fused-ring (bicyclic) bond motifs is 4. The summed E-state index contributed by atoms with van der Waals surface area (Å²) >= 11 is 0. The van der Waals surface area contributed by atoms with Gasteiger partial charge in [0.05, 0.1) is 0 Å². The summed E-state index contributed by atoms with van der Waals surface area (Å²) in [5, 5.41) is 0. The normalized spacial score (nSPS) is 46.9. The number of rotatable bonds is 9. The molecule has 47 heavy (non-hydrogen) atoms. The Hall–Kier alpha value is -0.300. The minimum atomic E-state index is 0.547. The highest BCUT2D eigenvalue weighted by Gasteiger charge is 2.80. The average Bonchev–Trinajstić information content (AvgIpc) is 3.62. The van der Waals surface area contributed by atoms with Crippen molar-refractivity contribution in [2.24, 2.45) is 74.9 Å². The summed E-state index contributed by atoms with van der Waals surface area (Å²) in [6, 6.07) is 0.830. The monoisotopic (exact) mass is 646 g/mol. The van der Waals surface area contributed by atoms with E-state index in [2.05, 4.69) is 46.1 Å². The fraction of sp³-hybridized carbons (Fsp3) is 0.957. The molecule has 7 aliphatic carbocycles. The molecule has 0 N–H and O–H groups in total. The molecule has 8 aliphatic rings. The van der Waals surface area contributed by atoms with Gasteiger partial charge in [-0.05, 0) is 203 Å². The predicted molar refractivity (Wildman–Crippen MR) is 202 cm³/mol. The largest absolute Gasteiger partial charge is 0.300 e. The summed E-state index contributed by atoms with van der Waals surface area (Å²) in [5.74, 6) is 9.09. The smallest absolute Gasteiger partial charge is 0.00901 e. The van der Waals surface area contributed by atoms with Crippen LogP contribution in [-0.4, -0.2) is 24.0 Å². The van der Waals surface area contributed by atoms with Gasteiger partial charge in [-0.1, -0.05) is 73.5 Å². The minimum Gasteiger partial charge on any atom is -0.300 e. The van der Waals surface area contributed by atoms with E-state index in [0.717, 1.165) is 70.1 Å². The lowest BCUT2D eigenvalue weighted by molar-refractivity contribution is -0.115. The van der Waals surface area contributed by atoms with E-state index >= 15 is 0 Å². The Bertz CT molecular complexity index is 1100. The van der Waals surface area contributed by atoms with E-state index in [9.17, 15) is 0 Å². The van der Waals surface area contributed by atoms with Crippen molar-refractivity contribution in [1.82, 2.24) is 4.90 Å². The molecule has 0 amide bonds. The molecule has 0 aromatic heterocycles. The first-order valence-corrected chi connectivity index (χ1v) is 22.1. The lowest BCUT2D eigenvalue weighted by Gasteiger charge is -2.60. The van der Waals surface area contributed by atoms with Crippen LogP contribution in [0.15, 0.2) is 12.2 Å². The summed E-state index contributed by atoms with van der Waals surface area (Å²) < 4.78 is 0. The lowest BCUT2D eigenvalue weighted by Crippen LogP contribution is -2.53. The molecular formula is C46H79N. The highest BCUT2D eigenvalue weighted by Crippen LogP contribution is 2.88. The molecule has 1 heterocycles. The van der Waals surface area contributed by atoms with Crippen molar-refractivity contribution < 1.29 is 0 Å². The number of hydrogen-bond donors (Lipinski definition) is 0. The first-order chi connectivity index (χ1) is 22.6. The SMILES string of the molecule is C=C(CCC1CCC2C(C1)CC1C3CCC4C(C)(C)C(CC5CCCN(C(CC)CC)C5)CCC45CC35CCC21C)C1CCC1.CC. The van der Waals surface area contributed by atoms with Crippen LogP contribution < -0.4 is 0 Å². The fourth-order valence-corrected chi connectivity index (χ4v) is 16.0. The summed E-state index contributed by atoms with van der Waals surface area (Å²) in [6.07, 6.45) is 31.8. The van der Waals surface area contributed by atoms with Gasteiger partial charge in [0.25, 0.3) is 0 Å². The molecule has 0 bridgehead atoms. The van der Waals surface area contributed by atoms with E-state index in [1.54, 1.807) is 69.8 Å². The molecule has 8 fully saturated rings. The zero-order valence-corrected chi connectivity index (χ0v) is 32.7. The summed E-state index contributed by atoms with van der Waals surface area (Å²) in [7, 11) is 0. The van der Waals surface area contributed by atoms with Crippen molar-refractivity contribution in [3.63, 3.8) is 0 Å². The van der Waals surface area contributed by atoms with Crippen LogP contribution in [0.25, 0.3) is 0 Å². The molecule has 7 saturated carbocycles. The van der Waals surface area contributed by atoms with Crippen LogP contribution in [0.3, 0.4) is 0 Å². The fourth-order valence-electron chi connectivity index (χ4n) is 16.0. The first-order valence-electron chi connectivity index (χ1n) is 22.1. The zero-order chi connectivity index (χ0) is 33.2. The van der Waals surface area contributed by atoms with Crippen molar-refractivity contribution in [1.29, 1.82) is 0 Å². The number of allylic oxidation sites excluding steroid dienone is 1. The van der Waals surface area contributed by atoms with Gasteiger partial charge in [-0.25, -0.2) is 0 Å². The molecule has 11 atom stereocenters. The van der Waals surface area contributed by atoms with E-state index in [0.29, 0.717) is 10.8 Å². The summed E-state index contributed by atoms with van der Waals surface area (Å²) in [5.41, 5.74) is 4.33. The van der Waals surface area contributed by atoms with Gasteiger partial charge in [0.15, 0.2) is 0 Å². The second-order valence-corrected chi connectivity index (χ2v) is 20.2. The maximum atomic E-state index is 4.54. The van der Waals surface area contributed by atoms with Crippen molar-refractivity contribution in [3.8, 4) is 0 Å². The third-order valence-electron chi connectivity index (χ3n) is 18.7. The van der Waals surface area contributed by atoms with Crippen molar-refractivity contribution >= 4 is 0 Å². The Labute approximate surface area is 293 Å². The van der Waals surface area contributed by atoms with Gasteiger partial charge in [-0.3, -0.25) is 0 Å². The van der Waals surface area contributed by atoms with Crippen LogP contribution in [0.5, 0.6) is 0 Å². The number of hydrogen-bond acceptors (Lipinski definition) is 1. The zero-order valence-electron chi connectivity index (χ0n) is 32.7. The maximum Gasteiger partial charge on any atom is 0.00901 e. The molecule has 268 valence electrons. The molecular weight excluding hydrogens is 567 g/mol. The van der Waals surface area contributed by atoms with Gasteiger partial charge in [0, 0.05) is 12.6 Å². The van der Waals surface area contributed by atoms with Crippen molar-refractivity contribution in [3.05, 3.63) is 12.2 Å². The molecule has 1 heteroatoms. The Morgan fingerprint density at radius 2 is 1.53 bits per heavy atom. The average molecular weight is 646 g/mol.